The first kappa shape index (κ1) is 16.1. The van der Waals surface area contributed by atoms with Crippen molar-refractivity contribution in [3.05, 3.63) is 23.8 Å². The lowest BCUT2D eigenvalue weighted by molar-refractivity contribution is -0.120. The third-order valence-corrected chi connectivity index (χ3v) is 4.33. The van der Waals surface area contributed by atoms with E-state index in [0.717, 1.165) is 18.7 Å². The fourth-order valence-electron chi connectivity index (χ4n) is 3.21. The van der Waals surface area contributed by atoms with Gasteiger partial charge in [-0.3, -0.25) is 4.79 Å². The summed E-state index contributed by atoms with van der Waals surface area (Å²) in [5, 5.41) is 13.6. The fraction of sp³-hybridized carbons (Fsp3) is 0.588. The molecule has 6 nitrogen and oxygen atoms in total. The second-order valence-corrected chi connectivity index (χ2v) is 6.16. The number of rotatable bonds is 5. The average Bonchev–Trinajstić information content (AvgIpc) is 3.06. The molecule has 1 aromatic carbocycles. The first-order chi connectivity index (χ1) is 11.1. The van der Waals surface area contributed by atoms with E-state index < -0.39 is 6.10 Å². The monoisotopic (exact) mass is 320 g/mol. The van der Waals surface area contributed by atoms with E-state index in [-0.39, 0.29) is 11.9 Å². The maximum Gasteiger partial charge on any atom is 0.217 e. The van der Waals surface area contributed by atoms with E-state index in [9.17, 15) is 9.90 Å². The molecule has 1 aromatic rings. The minimum Gasteiger partial charge on any atom is -0.486 e. The van der Waals surface area contributed by atoms with E-state index >= 15 is 0 Å². The maximum absolute atomic E-state index is 11.5. The average molecular weight is 320 g/mol. The number of aliphatic hydroxyl groups is 1. The first-order valence-corrected chi connectivity index (χ1v) is 8.20. The van der Waals surface area contributed by atoms with Gasteiger partial charge in [-0.2, -0.15) is 0 Å². The topological polar surface area (TPSA) is 71.0 Å². The molecule has 0 aliphatic carbocycles. The third kappa shape index (κ3) is 3.95. The van der Waals surface area contributed by atoms with Gasteiger partial charge in [0.15, 0.2) is 11.5 Å². The highest BCUT2D eigenvalue weighted by Crippen LogP contribution is 2.33. The van der Waals surface area contributed by atoms with Gasteiger partial charge in [0.05, 0.1) is 6.04 Å². The third-order valence-electron chi connectivity index (χ3n) is 4.33. The Bertz CT molecular complexity index is 558. The molecule has 0 aromatic heterocycles. The van der Waals surface area contributed by atoms with E-state index in [4.69, 9.17) is 9.47 Å². The van der Waals surface area contributed by atoms with Gasteiger partial charge in [0.25, 0.3) is 0 Å². The molecule has 2 aliphatic rings. The number of hydrogen-bond acceptors (Lipinski definition) is 5. The van der Waals surface area contributed by atoms with Crippen molar-refractivity contribution in [1.29, 1.82) is 0 Å². The smallest absolute Gasteiger partial charge is 0.217 e. The molecule has 2 aliphatic heterocycles. The summed E-state index contributed by atoms with van der Waals surface area (Å²) in [4.78, 5) is 13.8. The van der Waals surface area contributed by atoms with E-state index in [1.165, 1.54) is 19.8 Å². The molecular formula is C17H24N2O4. The SMILES string of the molecule is CC(=O)N[C@@H](CN1CCCC1)[C@@H](O)c1ccc2c(c1)OCCO2. The molecule has 2 N–H and O–H groups in total. The second-order valence-electron chi connectivity index (χ2n) is 6.16. The summed E-state index contributed by atoms with van der Waals surface area (Å²) in [6.45, 7) is 5.21. The molecule has 1 amide bonds. The van der Waals surface area contributed by atoms with Crippen molar-refractivity contribution >= 4 is 5.91 Å². The van der Waals surface area contributed by atoms with Gasteiger partial charge < -0.3 is 24.8 Å². The van der Waals surface area contributed by atoms with Crippen molar-refractivity contribution in [3.63, 3.8) is 0 Å². The van der Waals surface area contributed by atoms with Gasteiger partial charge in [0.1, 0.15) is 19.3 Å². The van der Waals surface area contributed by atoms with Crippen molar-refractivity contribution in [2.75, 3.05) is 32.8 Å². The number of fused-ring (bicyclic) bond motifs is 1. The number of carbonyl (C=O) groups excluding carboxylic acids is 1. The van der Waals surface area contributed by atoms with Crippen LogP contribution in [0.15, 0.2) is 18.2 Å². The van der Waals surface area contributed by atoms with E-state index in [1.54, 1.807) is 6.07 Å². The lowest BCUT2D eigenvalue weighted by Crippen LogP contribution is -2.46. The minimum atomic E-state index is -0.782. The van der Waals surface area contributed by atoms with Crippen LogP contribution in [0, 0.1) is 0 Å². The Hall–Kier alpha value is -1.79. The van der Waals surface area contributed by atoms with Gasteiger partial charge in [0.2, 0.25) is 5.91 Å². The van der Waals surface area contributed by atoms with Gasteiger partial charge >= 0.3 is 0 Å². The Kier molecular flexibility index (Phi) is 5.03. The van der Waals surface area contributed by atoms with Crippen LogP contribution in [0.5, 0.6) is 11.5 Å². The Morgan fingerprint density at radius 3 is 2.65 bits per heavy atom. The summed E-state index contributed by atoms with van der Waals surface area (Å²) in [5.41, 5.74) is 0.729. The Balaban J connectivity index is 1.75. The molecule has 0 bridgehead atoms. The minimum absolute atomic E-state index is 0.134. The predicted octanol–water partition coefficient (Wildman–Crippen LogP) is 1.09. The zero-order valence-corrected chi connectivity index (χ0v) is 13.5. The standard InChI is InChI=1S/C17H24N2O4/c1-12(20)18-14(11-19-6-2-3-7-19)17(21)13-4-5-15-16(10-13)23-9-8-22-15/h4-5,10,14,17,21H,2-3,6-9,11H2,1H3,(H,18,20)/t14-,17-/m0/s1. The van der Waals surface area contributed by atoms with Crippen molar-refractivity contribution in [1.82, 2.24) is 10.2 Å². The van der Waals surface area contributed by atoms with Gasteiger partial charge in [-0.05, 0) is 43.6 Å². The molecule has 2 heterocycles. The summed E-state index contributed by atoms with van der Waals surface area (Å²) >= 11 is 0. The number of amides is 1. The quantitative estimate of drug-likeness (QED) is 0.850. The molecule has 6 heteroatoms. The number of hydrogen-bond donors (Lipinski definition) is 2. The Morgan fingerprint density at radius 1 is 1.26 bits per heavy atom. The first-order valence-electron chi connectivity index (χ1n) is 8.20. The molecular weight excluding hydrogens is 296 g/mol. The van der Waals surface area contributed by atoms with E-state index in [0.29, 0.717) is 31.3 Å². The molecule has 1 saturated heterocycles. The number of benzene rings is 1. The van der Waals surface area contributed by atoms with Gasteiger partial charge in [-0.1, -0.05) is 6.07 Å². The molecule has 0 unspecified atom stereocenters. The lowest BCUT2D eigenvalue weighted by Gasteiger charge is -2.29. The zero-order chi connectivity index (χ0) is 16.2. The predicted molar refractivity (Wildman–Crippen MR) is 85.7 cm³/mol. The largest absolute Gasteiger partial charge is 0.486 e. The number of nitrogens with zero attached hydrogens (tertiary/aromatic N) is 1. The maximum atomic E-state index is 11.5. The van der Waals surface area contributed by atoms with Crippen LogP contribution in [0.1, 0.15) is 31.4 Å². The van der Waals surface area contributed by atoms with Crippen LogP contribution in [0.3, 0.4) is 0 Å². The highest BCUT2D eigenvalue weighted by atomic mass is 16.6. The Morgan fingerprint density at radius 2 is 1.96 bits per heavy atom. The van der Waals surface area contributed by atoms with Crippen LogP contribution in [0.25, 0.3) is 0 Å². The summed E-state index contributed by atoms with van der Waals surface area (Å²) in [5.74, 6) is 1.21. The van der Waals surface area contributed by atoms with E-state index in [1.807, 2.05) is 12.1 Å². The number of aliphatic hydroxyl groups excluding tert-OH is 1. The number of carbonyl (C=O) groups is 1. The molecule has 2 atom stereocenters. The van der Waals surface area contributed by atoms with Crippen molar-refractivity contribution in [2.24, 2.45) is 0 Å². The highest BCUT2D eigenvalue weighted by molar-refractivity contribution is 5.73. The van der Waals surface area contributed by atoms with Gasteiger partial charge in [-0.15, -0.1) is 0 Å². The van der Waals surface area contributed by atoms with Crippen LogP contribution in [0.2, 0.25) is 0 Å². The van der Waals surface area contributed by atoms with Gasteiger partial charge in [-0.25, -0.2) is 0 Å². The number of ether oxygens (including phenoxy) is 2. The van der Waals surface area contributed by atoms with Gasteiger partial charge in [0, 0.05) is 13.5 Å². The lowest BCUT2D eigenvalue weighted by atomic mass is 10.0. The summed E-state index contributed by atoms with van der Waals surface area (Å²) in [6, 6.07) is 5.11. The highest BCUT2D eigenvalue weighted by Gasteiger charge is 2.27. The normalized spacial score (nSPS) is 20.1. The number of nitrogens with one attached hydrogen (secondary N) is 1. The van der Waals surface area contributed by atoms with Crippen LogP contribution in [-0.2, 0) is 4.79 Å². The molecule has 0 spiro atoms. The molecule has 1 fully saturated rings. The van der Waals surface area contributed by atoms with Crippen molar-refractivity contribution in [2.45, 2.75) is 31.9 Å². The van der Waals surface area contributed by atoms with Crippen molar-refractivity contribution in [3.8, 4) is 11.5 Å². The zero-order valence-electron chi connectivity index (χ0n) is 13.5. The number of likely N-dealkylation sites (tertiary alicyclic amines) is 1. The molecule has 126 valence electrons. The van der Waals surface area contributed by atoms with Crippen molar-refractivity contribution < 1.29 is 19.4 Å². The molecule has 0 saturated carbocycles. The van der Waals surface area contributed by atoms with E-state index in [2.05, 4.69) is 10.2 Å². The summed E-state index contributed by atoms with van der Waals surface area (Å²) in [6.07, 6.45) is 1.56. The van der Waals surface area contributed by atoms with Crippen LogP contribution in [0.4, 0.5) is 0 Å². The molecule has 0 radical (unpaired) electrons. The van der Waals surface area contributed by atoms with Crippen LogP contribution >= 0.6 is 0 Å². The fourth-order valence-corrected chi connectivity index (χ4v) is 3.21. The Labute approximate surface area is 136 Å². The van der Waals surface area contributed by atoms with Crippen LogP contribution in [-0.4, -0.2) is 54.8 Å². The second kappa shape index (κ2) is 7.19. The summed E-state index contributed by atoms with van der Waals surface area (Å²) in [7, 11) is 0. The molecule has 23 heavy (non-hydrogen) atoms. The summed E-state index contributed by atoms with van der Waals surface area (Å²) < 4.78 is 11.1. The molecule has 3 rings (SSSR count). The van der Waals surface area contributed by atoms with Crippen LogP contribution < -0.4 is 14.8 Å².